The maximum atomic E-state index is 12.9. The fourth-order valence-corrected chi connectivity index (χ4v) is 4.12. The molecule has 1 saturated heterocycles. The zero-order chi connectivity index (χ0) is 24.6. The first-order chi connectivity index (χ1) is 15.5. The molecular formula is C21H32N3NaO8S. The number of benzene rings is 1. The summed E-state index contributed by atoms with van der Waals surface area (Å²) in [7, 11) is -4.92. The molecule has 2 unspecified atom stereocenters. The first-order valence-corrected chi connectivity index (χ1v) is 12.2. The molecule has 1 aromatic rings. The second-order valence-electron chi connectivity index (χ2n) is 8.42. The average Bonchev–Trinajstić information content (AvgIpc) is 3.14. The summed E-state index contributed by atoms with van der Waals surface area (Å²) in [5.41, 5.74) is -1.58. The number of ether oxygens (including phenoxy) is 1. The standard InChI is InChI=1S/C21H31N3O8S.Na.H/c1-13(2)10-16(24-21(28)32-12-14-6-4-3-5-7-14)19(26)23-17(20(27)33(29,30)31)11-15-8-9-22-18(15)25;;/h3-7,13,15-17,20,27H,8-12H2,1-2H3,(H,22,25)(H,23,26)(H,24,28)(H,29,30,31);;/t15?,16-,17-,20?;;/m0../s1. The molecule has 0 spiro atoms. The van der Waals surface area contributed by atoms with Crippen molar-refractivity contribution in [3.8, 4) is 0 Å². The number of amides is 3. The molecule has 0 radical (unpaired) electrons. The molecule has 0 aliphatic carbocycles. The Kier molecular flexibility index (Phi) is 12.5. The molecule has 1 aromatic carbocycles. The molecule has 0 bridgehead atoms. The number of alkyl carbamates (subject to hydrolysis) is 1. The third-order valence-corrected chi connectivity index (χ3v) is 6.15. The van der Waals surface area contributed by atoms with Gasteiger partial charge in [0.15, 0.2) is 0 Å². The maximum absolute atomic E-state index is 12.9. The minimum absolute atomic E-state index is 0. The molecule has 34 heavy (non-hydrogen) atoms. The molecule has 0 saturated carbocycles. The van der Waals surface area contributed by atoms with Gasteiger partial charge in [-0.05, 0) is 30.7 Å². The molecule has 2 rings (SSSR count). The van der Waals surface area contributed by atoms with Crippen LogP contribution in [0.3, 0.4) is 0 Å². The van der Waals surface area contributed by atoms with Gasteiger partial charge in [-0.2, -0.15) is 8.42 Å². The zero-order valence-electron chi connectivity index (χ0n) is 18.6. The number of carbonyl (C=O) groups excluding carboxylic acids is 3. The van der Waals surface area contributed by atoms with E-state index in [1.807, 2.05) is 19.9 Å². The number of hydrogen-bond acceptors (Lipinski definition) is 7. The molecule has 4 atom stereocenters. The Balaban J connectivity index is 0.00000578. The fraction of sp³-hybridized carbons (Fsp3) is 0.571. The Morgan fingerprint density at radius 3 is 2.38 bits per heavy atom. The molecule has 186 valence electrons. The molecule has 0 aromatic heterocycles. The van der Waals surface area contributed by atoms with Crippen molar-refractivity contribution in [2.75, 3.05) is 6.54 Å². The van der Waals surface area contributed by atoms with E-state index < -0.39 is 45.6 Å². The molecule has 1 heterocycles. The summed E-state index contributed by atoms with van der Waals surface area (Å²) in [4.78, 5) is 37.1. The predicted molar refractivity (Wildman–Crippen MR) is 125 cm³/mol. The summed E-state index contributed by atoms with van der Waals surface area (Å²) in [5.74, 6) is -1.77. The van der Waals surface area contributed by atoms with Gasteiger partial charge in [-0.1, -0.05) is 44.2 Å². The van der Waals surface area contributed by atoms with Crippen LogP contribution in [0.5, 0.6) is 0 Å². The van der Waals surface area contributed by atoms with Crippen LogP contribution in [0.4, 0.5) is 4.79 Å². The summed E-state index contributed by atoms with van der Waals surface area (Å²) in [5, 5.41) is 17.5. The molecule has 3 amide bonds. The van der Waals surface area contributed by atoms with Crippen LogP contribution in [0.25, 0.3) is 0 Å². The Morgan fingerprint density at radius 2 is 1.85 bits per heavy atom. The summed E-state index contributed by atoms with van der Waals surface area (Å²) in [6.07, 6.45) is -0.458. The van der Waals surface area contributed by atoms with Crippen molar-refractivity contribution >= 4 is 57.6 Å². The molecule has 11 nitrogen and oxygen atoms in total. The van der Waals surface area contributed by atoms with E-state index in [1.54, 1.807) is 24.3 Å². The first kappa shape index (κ1) is 30.3. The topological polar surface area (TPSA) is 171 Å². The van der Waals surface area contributed by atoms with E-state index >= 15 is 0 Å². The van der Waals surface area contributed by atoms with Crippen molar-refractivity contribution < 1.29 is 37.2 Å². The van der Waals surface area contributed by atoms with Gasteiger partial charge < -0.3 is 25.8 Å². The quantitative estimate of drug-likeness (QED) is 0.203. The van der Waals surface area contributed by atoms with Crippen molar-refractivity contribution in [1.82, 2.24) is 16.0 Å². The van der Waals surface area contributed by atoms with Crippen LogP contribution in [0.15, 0.2) is 30.3 Å². The zero-order valence-corrected chi connectivity index (χ0v) is 19.4. The van der Waals surface area contributed by atoms with Gasteiger partial charge in [-0.25, -0.2) is 4.79 Å². The van der Waals surface area contributed by atoms with Gasteiger partial charge in [-0.15, -0.1) is 0 Å². The van der Waals surface area contributed by atoms with Crippen LogP contribution in [0.1, 0.15) is 38.7 Å². The number of rotatable bonds is 11. The average molecular weight is 510 g/mol. The molecule has 1 fully saturated rings. The van der Waals surface area contributed by atoms with Gasteiger partial charge in [0.05, 0.1) is 6.04 Å². The number of carbonyl (C=O) groups is 3. The summed E-state index contributed by atoms with van der Waals surface area (Å²) < 4.78 is 37.5. The van der Waals surface area contributed by atoms with Crippen molar-refractivity contribution in [2.45, 2.75) is 57.2 Å². The minimum atomic E-state index is -4.92. The molecule has 13 heteroatoms. The number of aliphatic hydroxyl groups excluding tert-OH is 1. The van der Waals surface area contributed by atoms with E-state index in [-0.39, 0.29) is 60.8 Å². The van der Waals surface area contributed by atoms with Crippen LogP contribution in [0.2, 0.25) is 0 Å². The number of nitrogens with one attached hydrogen (secondary N) is 3. The van der Waals surface area contributed by atoms with Crippen LogP contribution >= 0.6 is 0 Å². The third kappa shape index (κ3) is 9.88. The van der Waals surface area contributed by atoms with Crippen molar-refractivity contribution in [3.05, 3.63) is 35.9 Å². The van der Waals surface area contributed by atoms with Crippen molar-refractivity contribution in [3.63, 3.8) is 0 Å². The van der Waals surface area contributed by atoms with Crippen LogP contribution in [0, 0.1) is 11.8 Å². The van der Waals surface area contributed by atoms with Gasteiger partial charge in [-0.3, -0.25) is 14.1 Å². The van der Waals surface area contributed by atoms with Crippen LogP contribution < -0.4 is 16.0 Å². The van der Waals surface area contributed by atoms with E-state index in [0.29, 0.717) is 13.0 Å². The Morgan fingerprint density at radius 1 is 1.21 bits per heavy atom. The second kappa shape index (κ2) is 14.0. The van der Waals surface area contributed by atoms with Gasteiger partial charge in [0.1, 0.15) is 12.6 Å². The Hall–Kier alpha value is -1.70. The van der Waals surface area contributed by atoms with Crippen molar-refractivity contribution in [2.24, 2.45) is 11.8 Å². The molecule has 1 aliphatic heterocycles. The van der Waals surface area contributed by atoms with Gasteiger partial charge in [0.2, 0.25) is 17.3 Å². The number of aliphatic hydroxyl groups is 1. The Labute approximate surface area is 221 Å². The van der Waals surface area contributed by atoms with E-state index in [9.17, 15) is 32.5 Å². The molecular weight excluding hydrogens is 477 g/mol. The first-order valence-electron chi connectivity index (χ1n) is 10.7. The van der Waals surface area contributed by atoms with E-state index in [1.165, 1.54) is 0 Å². The molecule has 5 N–H and O–H groups in total. The van der Waals surface area contributed by atoms with Gasteiger partial charge in [0, 0.05) is 12.5 Å². The molecule has 1 aliphatic rings. The van der Waals surface area contributed by atoms with E-state index in [4.69, 9.17) is 4.74 Å². The summed E-state index contributed by atoms with van der Waals surface area (Å²) in [6.45, 7) is 4.02. The normalized spacial score (nSPS) is 18.3. The third-order valence-electron chi connectivity index (χ3n) is 5.21. The van der Waals surface area contributed by atoms with Gasteiger partial charge in [0.25, 0.3) is 10.1 Å². The Bertz CT molecular complexity index is 929. The summed E-state index contributed by atoms with van der Waals surface area (Å²) in [6, 6.07) is 6.38. The van der Waals surface area contributed by atoms with Crippen molar-refractivity contribution in [1.29, 1.82) is 0 Å². The van der Waals surface area contributed by atoms with Gasteiger partial charge >= 0.3 is 35.7 Å². The van der Waals surface area contributed by atoms with Crippen LogP contribution in [-0.4, -0.2) is 89.6 Å². The van der Waals surface area contributed by atoms with E-state index in [2.05, 4.69) is 16.0 Å². The second-order valence-corrected chi connectivity index (χ2v) is 9.93. The monoisotopic (exact) mass is 509 g/mol. The predicted octanol–water partition coefficient (Wildman–Crippen LogP) is -0.104. The number of hydrogen-bond donors (Lipinski definition) is 5. The van der Waals surface area contributed by atoms with Crippen LogP contribution in [-0.2, 0) is 31.1 Å². The summed E-state index contributed by atoms with van der Waals surface area (Å²) >= 11 is 0. The fourth-order valence-electron chi connectivity index (χ4n) is 3.52. The SMILES string of the molecule is CC(C)C[C@H](NC(=O)OCc1ccccc1)C(=O)N[C@@H](CC1CCNC1=O)C(O)S(=O)(=O)O.[NaH]. The van der Waals surface area contributed by atoms with E-state index in [0.717, 1.165) is 5.56 Å².